The molecule has 0 spiro atoms. The lowest BCUT2D eigenvalue weighted by Gasteiger charge is -2.07. The summed E-state index contributed by atoms with van der Waals surface area (Å²) < 4.78 is 0. The van der Waals surface area contributed by atoms with Gasteiger partial charge < -0.3 is 5.32 Å². The molecule has 0 amide bonds. The quantitative estimate of drug-likeness (QED) is 0.216. The predicted octanol–water partition coefficient (Wildman–Crippen LogP) is 5.82. The Bertz CT molecular complexity index is 988. The van der Waals surface area contributed by atoms with Gasteiger partial charge in [0.05, 0.1) is 10.6 Å². The summed E-state index contributed by atoms with van der Waals surface area (Å²) in [5.74, 6) is 0.481. The van der Waals surface area contributed by atoms with Crippen molar-refractivity contribution in [1.29, 1.82) is 0 Å². The van der Waals surface area contributed by atoms with E-state index in [1.807, 2.05) is 70.4 Å². The van der Waals surface area contributed by atoms with Gasteiger partial charge in [-0.2, -0.15) is 0 Å². The average Bonchev–Trinajstić information content (AvgIpc) is 2.75. The maximum atomic E-state index is 11.0. The van der Waals surface area contributed by atoms with Crippen LogP contribution in [0.4, 0.5) is 11.4 Å². The van der Waals surface area contributed by atoms with E-state index in [9.17, 15) is 10.1 Å². The molecule has 2 rings (SSSR count). The van der Waals surface area contributed by atoms with Crippen LogP contribution in [0.15, 0.2) is 88.9 Å². The Hall–Kier alpha value is -3.64. The van der Waals surface area contributed by atoms with Gasteiger partial charge in [0.15, 0.2) is 5.84 Å². The van der Waals surface area contributed by atoms with Crippen LogP contribution in [0, 0.1) is 17.0 Å². The maximum absolute atomic E-state index is 11.0. The maximum Gasteiger partial charge on any atom is 0.270 e. The molecule has 0 aliphatic carbocycles. The monoisotopic (exact) mass is 404 g/mol. The Kier molecular flexibility index (Phi) is 10.4. The number of aliphatic imine (C=N–C) groups is 2. The zero-order valence-electron chi connectivity index (χ0n) is 17.9. The second-order valence-corrected chi connectivity index (χ2v) is 6.25. The molecule has 6 heteroatoms. The van der Waals surface area contributed by atoms with Crippen molar-refractivity contribution < 1.29 is 4.92 Å². The Morgan fingerprint density at radius 2 is 1.83 bits per heavy atom. The van der Waals surface area contributed by atoms with E-state index in [1.165, 1.54) is 6.07 Å². The van der Waals surface area contributed by atoms with E-state index in [4.69, 9.17) is 0 Å². The first kappa shape index (κ1) is 24.4. The summed E-state index contributed by atoms with van der Waals surface area (Å²) in [5, 5.41) is 13.7. The van der Waals surface area contributed by atoms with Gasteiger partial charge in [-0.25, -0.2) is 9.98 Å². The molecule has 0 aliphatic heterocycles. The Labute approximate surface area is 178 Å². The van der Waals surface area contributed by atoms with Gasteiger partial charge in [-0.05, 0) is 63.5 Å². The highest BCUT2D eigenvalue weighted by Crippen LogP contribution is 2.29. The Morgan fingerprint density at radius 3 is 2.37 bits per heavy atom. The number of non-ortho nitro benzene ring substituents is 1. The number of nitro groups is 1. The van der Waals surface area contributed by atoms with Crippen molar-refractivity contribution in [2.45, 2.75) is 13.8 Å². The minimum absolute atomic E-state index is 0.0649. The molecule has 0 bridgehead atoms. The van der Waals surface area contributed by atoms with Crippen molar-refractivity contribution >= 4 is 23.9 Å². The van der Waals surface area contributed by atoms with E-state index >= 15 is 0 Å². The molecule has 156 valence electrons. The van der Waals surface area contributed by atoms with Crippen molar-refractivity contribution in [3.8, 4) is 11.1 Å². The molecule has 30 heavy (non-hydrogen) atoms. The zero-order valence-corrected chi connectivity index (χ0v) is 17.9. The molecule has 0 aliphatic rings. The number of hydrogen-bond donors (Lipinski definition) is 1. The van der Waals surface area contributed by atoms with E-state index in [0.717, 1.165) is 28.0 Å². The van der Waals surface area contributed by atoms with Crippen LogP contribution in [0.1, 0.15) is 12.5 Å². The van der Waals surface area contributed by atoms with Crippen molar-refractivity contribution in [3.05, 3.63) is 94.6 Å². The highest BCUT2D eigenvalue weighted by atomic mass is 16.6. The topological polar surface area (TPSA) is 79.9 Å². The molecular formula is C24H28N4O2. The molecule has 2 aromatic rings. The molecule has 0 atom stereocenters. The fourth-order valence-corrected chi connectivity index (χ4v) is 2.50. The molecule has 0 fully saturated rings. The van der Waals surface area contributed by atoms with Gasteiger partial charge in [0.2, 0.25) is 0 Å². The highest BCUT2D eigenvalue weighted by Gasteiger charge is 2.09. The first-order valence-corrected chi connectivity index (χ1v) is 9.36. The van der Waals surface area contributed by atoms with Crippen LogP contribution in [0.2, 0.25) is 0 Å². The van der Waals surface area contributed by atoms with Gasteiger partial charge in [-0.1, -0.05) is 49.1 Å². The smallest absolute Gasteiger partial charge is 0.270 e. The lowest BCUT2D eigenvalue weighted by atomic mass is 10.0. The summed E-state index contributed by atoms with van der Waals surface area (Å²) in [6, 6.07) is 12.3. The lowest BCUT2D eigenvalue weighted by Crippen LogP contribution is -1.96. The summed E-state index contributed by atoms with van der Waals surface area (Å²) in [6.45, 7) is 11.3. The number of amidine groups is 1. The van der Waals surface area contributed by atoms with Gasteiger partial charge in [-0.3, -0.25) is 10.1 Å². The molecule has 0 heterocycles. The van der Waals surface area contributed by atoms with Gasteiger partial charge in [0, 0.05) is 17.7 Å². The molecule has 0 aromatic heterocycles. The third kappa shape index (κ3) is 7.07. The fraction of sp³-hybridized carbons (Fsp3) is 0.167. The van der Waals surface area contributed by atoms with E-state index in [1.54, 1.807) is 18.2 Å². The second kappa shape index (κ2) is 12.7. The van der Waals surface area contributed by atoms with Crippen LogP contribution in [0.25, 0.3) is 11.1 Å². The first-order chi connectivity index (χ1) is 14.4. The fourth-order valence-electron chi connectivity index (χ4n) is 2.50. The minimum atomic E-state index is -0.398. The molecule has 2 aromatic carbocycles. The number of nitrogens with zero attached hydrogens (tertiary/aromatic N) is 3. The first-order valence-electron chi connectivity index (χ1n) is 9.36. The van der Waals surface area contributed by atoms with Gasteiger partial charge >= 0.3 is 0 Å². The lowest BCUT2D eigenvalue weighted by molar-refractivity contribution is -0.384. The highest BCUT2D eigenvalue weighted by molar-refractivity contribution is 6.04. The normalized spacial score (nSPS) is 11.6. The third-order valence-electron chi connectivity index (χ3n) is 3.91. The number of aryl methyl sites for hydroxylation is 1. The molecule has 6 nitrogen and oxygen atoms in total. The van der Waals surface area contributed by atoms with Crippen LogP contribution < -0.4 is 5.32 Å². The molecule has 0 radical (unpaired) electrons. The van der Waals surface area contributed by atoms with E-state index in [2.05, 4.69) is 28.6 Å². The number of nitro benzene ring substituents is 1. The number of allylic oxidation sites excluding steroid dienone is 3. The van der Waals surface area contributed by atoms with Crippen LogP contribution in [0.3, 0.4) is 0 Å². The van der Waals surface area contributed by atoms with Gasteiger partial charge in [0.1, 0.15) is 0 Å². The summed E-state index contributed by atoms with van der Waals surface area (Å²) in [7, 11) is 3.75. The van der Waals surface area contributed by atoms with Crippen LogP contribution >= 0.6 is 0 Å². The largest absolute Gasteiger partial charge is 0.323 e. The number of benzene rings is 2. The summed E-state index contributed by atoms with van der Waals surface area (Å²) in [5.41, 5.74) is 4.18. The van der Waals surface area contributed by atoms with Crippen LogP contribution in [-0.2, 0) is 0 Å². The number of nitrogens with one attached hydrogen (secondary N) is 1. The summed E-state index contributed by atoms with van der Waals surface area (Å²) in [4.78, 5) is 19.2. The molecule has 1 N–H and O–H groups in total. The Morgan fingerprint density at radius 1 is 1.17 bits per heavy atom. The van der Waals surface area contributed by atoms with Crippen LogP contribution in [0.5, 0.6) is 0 Å². The summed E-state index contributed by atoms with van der Waals surface area (Å²) >= 11 is 0. The molecule has 0 saturated heterocycles. The van der Waals surface area contributed by atoms with Crippen LogP contribution in [-0.4, -0.2) is 31.6 Å². The minimum Gasteiger partial charge on any atom is -0.323 e. The molecule has 0 unspecified atom stereocenters. The average molecular weight is 405 g/mol. The molecular weight excluding hydrogens is 376 g/mol. The molecule has 0 saturated carbocycles. The number of rotatable bonds is 6. The SMILES string of the molecule is C=C/C(=C\C=C/C)C(N=C)=Nc1ccc(-c2cccc([N+](=O)[O-])c2)cc1C.CNC. The zero-order chi connectivity index (χ0) is 22.5. The van der Waals surface area contributed by atoms with Gasteiger partial charge in [0.25, 0.3) is 5.69 Å². The van der Waals surface area contributed by atoms with Gasteiger partial charge in [-0.15, -0.1) is 0 Å². The standard InChI is InChI=1S/C22H21N3O2.C2H7N/c1-5-7-9-17(6-2)22(23-4)24-21-13-12-19(14-16(21)3)18-10-8-11-20(15-18)25(26)27;1-3-2/h5-15H,2,4H2,1,3H3;3H,1-2H3/b7-5-,17-9+,24-22?;. The second-order valence-electron chi connectivity index (χ2n) is 6.25. The summed E-state index contributed by atoms with van der Waals surface area (Å²) in [6.07, 6.45) is 7.34. The number of hydrogen-bond acceptors (Lipinski definition) is 4. The van der Waals surface area contributed by atoms with Crippen molar-refractivity contribution in [3.63, 3.8) is 0 Å². The van der Waals surface area contributed by atoms with Crippen molar-refractivity contribution in [2.75, 3.05) is 14.1 Å². The third-order valence-corrected chi connectivity index (χ3v) is 3.91. The van der Waals surface area contributed by atoms with E-state index < -0.39 is 4.92 Å². The predicted molar refractivity (Wildman–Crippen MR) is 128 cm³/mol. The van der Waals surface area contributed by atoms with E-state index in [-0.39, 0.29) is 5.69 Å². The van der Waals surface area contributed by atoms with Crippen molar-refractivity contribution in [2.24, 2.45) is 9.98 Å². The van der Waals surface area contributed by atoms with E-state index in [0.29, 0.717) is 5.84 Å². The Balaban J connectivity index is 0.00000141. The van der Waals surface area contributed by atoms with Crippen molar-refractivity contribution in [1.82, 2.24) is 5.32 Å².